The molecule has 8 heteroatoms. The van der Waals surface area contributed by atoms with Gasteiger partial charge in [0.15, 0.2) is 5.13 Å². The molecule has 0 aliphatic carbocycles. The molecule has 0 spiro atoms. The number of halogens is 1. The van der Waals surface area contributed by atoms with Crippen LogP contribution in [0.1, 0.15) is 38.0 Å². The van der Waals surface area contributed by atoms with Gasteiger partial charge in [0.25, 0.3) is 0 Å². The van der Waals surface area contributed by atoms with Crippen molar-refractivity contribution in [2.45, 2.75) is 42.6 Å². The lowest BCUT2D eigenvalue weighted by molar-refractivity contribution is -0.115. The summed E-state index contributed by atoms with van der Waals surface area (Å²) in [4.78, 5) is 20.8. The van der Waals surface area contributed by atoms with Crippen molar-refractivity contribution in [3.63, 3.8) is 0 Å². The van der Waals surface area contributed by atoms with Gasteiger partial charge in [0.2, 0.25) is 11.8 Å². The molecule has 0 saturated heterocycles. The van der Waals surface area contributed by atoms with Crippen LogP contribution in [0.25, 0.3) is 0 Å². The second-order valence-corrected chi connectivity index (χ2v) is 10.2. The van der Waals surface area contributed by atoms with Crippen molar-refractivity contribution in [3.8, 4) is 0 Å². The second kappa shape index (κ2) is 8.58. The zero-order valence-corrected chi connectivity index (χ0v) is 18.5. The standard InChI is InChI=1S/C19H20BrN3O2S2/c1-19(2,3)14-9-21-16(25-14)11-26-17-10-22-18(27-17)23-15(24)8-12-4-6-13(20)7-5-12/h4-7,9-10H,8,11H2,1-3H3,(H,22,23,24). The van der Waals surface area contributed by atoms with Crippen LogP contribution >= 0.6 is 39.0 Å². The van der Waals surface area contributed by atoms with E-state index in [4.69, 9.17) is 4.42 Å². The van der Waals surface area contributed by atoms with Gasteiger partial charge in [-0.05, 0) is 17.7 Å². The van der Waals surface area contributed by atoms with Gasteiger partial charge in [0.1, 0.15) is 5.76 Å². The molecule has 5 nitrogen and oxygen atoms in total. The van der Waals surface area contributed by atoms with E-state index in [0.717, 1.165) is 20.0 Å². The fraction of sp³-hybridized carbons (Fsp3) is 0.316. The Morgan fingerprint density at radius 1 is 1.22 bits per heavy atom. The maximum Gasteiger partial charge on any atom is 0.230 e. The lowest BCUT2D eigenvalue weighted by Crippen LogP contribution is -2.13. The Bertz CT molecular complexity index is 914. The van der Waals surface area contributed by atoms with Crippen LogP contribution in [0, 0.1) is 0 Å². The summed E-state index contributed by atoms with van der Waals surface area (Å²) in [6.07, 6.45) is 3.87. The summed E-state index contributed by atoms with van der Waals surface area (Å²) in [7, 11) is 0. The highest BCUT2D eigenvalue weighted by molar-refractivity contribution is 9.10. The van der Waals surface area contributed by atoms with E-state index in [9.17, 15) is 4.79 Å². The fourth-order valence-corrected chi connectivity index (χ4v) is 4.20. The number of amides is 1. The number of aromatic nitrogens is 2. The molecule has 27 heavy (non-hydrogen) atoms. The van der Waals surface area contributed by atoms with Crippen LogP contribution < -0.4 is 5.32 Å². The first-order valence-electron chi connectivity index (χ1n) is 8.38. The van der Waals surface area contributed by atoms with Crippen LogP contribution in [0.4, 0.5) is 5.13 Å². The number of oxazole rings is 1. The van der Waals surface area contributed by atoms with Crippen molar-refractivity contribution < 1.29 is 9.21 Å². The van der Waals surface area contributed by atoms with Crippen LogP contribution in [0.3, 0.4) is 0 Å². The molecule has 0 atom stereocenters. The highest BCUT2D eigenvalue weighted by Gasteiger charge is 2.19. The summed E-state index contributed by atoms with van der Waals surface area (Å²) in [5.41, 5.74) is 0.910. The minimum absolute atomic E-state index is 0.0489. The zero-order valence-electron chi connectivity index (χ0n) is 15.3. The third kappa shape index (κ3) is 5.92. The molecule has 2 aromatic heterocycles. The van der Waals surface area contributed by atoms with Gasteiger partial charge >= 0.3 is 0 Å². The average Bonchev–Trinajstić information content (AvgIpc) is 3.24. The monoisotopic (exact) mass is 465 g/mol. The molecular weight excluding hydrogens is 446 g/mol. The molecule has 0 bridgehead atoms. The third-order valence-corrected chi connectivity index (χ3v) is 6.26. The quantitative estimate of drug-likeness (QED) is 0.475. The molecular formula is C19H20BrN3O2S2. The first kappa shape index (κ1) is 20.1. The Kier molecular flexibility index (Phi) is 6.39. The van der Waals surface area contributed by atoms with Crippen molar-refractivity contribution in [2.24, 2.45) is 0 Å². The van der Waals surface area contributed by atoms with E-state index in [0.29, 0.717) is 23.2 Å². The van der Waals surface area contributed by atoms with Crippen LogP contribution in [0.15, 0.2) is 49.8 Å². The van der Waals surface area contributed by atoms with Gasteiger partial charge < -0.3 is 9.73 Å². The van der Waals surface area contributed by atoms with Crippen LogP contribution in [-0.4, -0.2) is 15.9 Å². The van der Waals surface area contributed by atoms with Gasteiger partial charge in [0, 0.05) is 9.89 Å². The van der Waals surface area contributed by atoms with Crippen molar-refractivity contribution in [1.82, 2.24) is 9.97 Å². The summed E-state index contributed by atoms with van der Waals surface area (Å²) in [6, 6.07) is 7.70. The van der Waals surface area contributed by atoms with Gasteiger partial charge in [-0.1, -0.05) is 60.2 Å². The number of nitrogens with one attached hydrogen (secondary N) is 1. The van der Waals surface area contributed by atoms with E-state index in [-0.39, 0.29) is 11.3 Å². The minimum Gasteiger partial charge on any atom is -0.444 e. The van der Waals surface area contributed by atoms with Gasteiger partial charge in [-0.3, -0.25) is 4.79 Å². The molecule has 0 fully saturated rings. The van der Waals surface area contributed by atoms with Crippen molar-refractivity contribution in [3.05, 3.63) is 58.3 Å². The van der Waals surface area contributed by atoms with Gasteiger partial charge in [-0.25, -0.2) is 9.97 Å². The number of hydrogen-bond donors (Lipinski definition) is 1. The first-order chi connectivity index (χ1) is 12.8. The summed E-state index contributed by atoms with van der Waals surface area (Å²) >= 11 is 6.43. The number of rotatable bonds is 6. The summed E-state index contributed by atoms with van der Waals surface area (Å²) in [6.45, 7) is 6.28. The third-order valence-electron chi connectivity index (χ3n) is 3.64. The van der Waals surface area contributed by atoms with E-state index in [1.165, 1.54) is 11.3 Å². The second-order valence-electron chi connectivity index (χ2n) is 6.99. The molecule has 3 aromatic rings. The maximum absolute atomic E-state index is 12.2. The fourth-order valence-electron chi connectivity index (χ4n) is 2.19. The van der Waals surface area contributed by atoms with E-state index < -0.39 is 0 Å². The van der Waals surface area contributed by atoms with Gasteiger partial charge in [-0.15, -0.1) is 11.8 Å². The topological polar surface area (TPSA) is 68.0 Å². The normalized spacial score (nSPS) is 11.6. The Hall–Kier alpha value is -1.64. The van der Waals surface area contributed by atoms with E-state index in [1.54, 1.807) is 24.2 Å². The van der Waals surface area contributed by atoms with Gasteiger partial charge in [-0.2, -0.15) is 0 Å². The molecule has 0 saturated carbocycles. The lowest BCUT2D eigenvalue weighted by atomic mass is 9.94. The molecule has 0 aliphatic heterocycles. The van der Waals surface area contributed by atoms with E-state index in [1.807, 2.05) is 24.3 Å². The van der Waals surface area contributed by atoms with Crippen LogP contribution in [-0.2, 0) is 22.4 Å². The van der Waals surface area contributed by atoms with E-state index in [2.05, 4.69) is 52.0 Å². The summed E-state index contributed by atoms with van der Waals surface area (Å²) < 4.78 is 7.79. The van der Waals surface area contributed by atoms with Crippen molar-refractivity contribution in [2.75, 3.05) is 5.32 Å². The van der Waals surface area contributed by atoms with Crippen LogP contribution in [0.2, 0.25) is 0 Å². The molecule has 0 aliphatic rings. The maximum atomic E-state index is 12.2. The average molecular weight is 466 g/mol. The SMILES string of the molecule is CC(C)(C)c1cnc(CSc2cnc(NC(=O)Cc3ccc(Br)cc3)s2)o1. The van der Waals surface area contributed by atoms with Crippen molar-refractivity contribution >= 4 is 50.1 Å². The molecule has 3 rings (SSSR count). The number of nitrogens with zero attached hydrogens (tertiary/aromatic N) is 2. The van der Waals surface area contributed by atoms with Gasteiger partial charge in [0.05, 0.1) is 28.8 Å². The predicted octanol–water partition coefficient (Wildman–Crippen LogP) is 5.66. The predicted molar refractivity (Wildman–Crippen MR) is 113 cm³/mol. The molecule has 2 heterocycles. The zero-order chi connectivity index (χ0) is 19.4. The highest BCUT2D eigenvalue weighted by Crippen LogP contribution is 2.31. The van der Waals surface area contributed by atoms with E-state index >= 15 is 0 Å². The summed E-state index contributed by atoms with van der Waals surface area (Å²) in [5.74, 6) is 2.12. The Labute approximate surface area is 175 Å². The summed E-state index contributed by atoms with van der Waals surface area (Å²) in [5, 5.41) is 3.45. The molecule has 1 amide bonds. The number of carbonyl (C=O) groups excluding carboxylic acids is 1. The Balaban J connectivity index is 1.51. The number of carbonyl (C=O) groups is 1. The number of anilines is 1. The molecule has 1 aromatic carbocycles. The molecule has 0 radical (unpaired) electrons. The molecule has 142 valence electrons. The molecule has 1 N–H and O–H groups in total. The van der Waals surface area contributed by atoms with Crippen LogP contribution in [0.5, 0.6) is 0 Å². The number of hydrogen-bond acceptors (Lipinski definition) is 6. The highest BCUT2D eigenvalue weighted by atomic mass is 79.9. The molecule has 0 unspecified atom stereocenters. The van der Waals surface area contributed by atoms with Crippen molar-refractivity contribution in [1.29, 1.82) is 0 Å². The lowest BCUT2D eigenvalue weighted by Gasteiger charge is -2.12. The Morgan fingerprint density at radius 3 is 2.63 bits per heavy atom. The first-order valence-corrected chi connectivity index (χ1v) is 11.0. The largest absolute Gasteiger partial charge is 0.444 e. The Morgan fingerprint density at radius 2 is 1.96 bits per heavy atom. The number of thioether (sulfide) groups is 1. The minimum atomic E-state index is -0.0780. The smallest absolute Gasteiger partial charge is 0.230 e. The number of benzene rings is 1. The number of thiazole rings is 1.